The van der Waals surface area contributed by atoms with Crippen molar-refractivity contribution in [3.05, 3.63) is 131 Å². The first-order valence-corrected chi connectivity index (χ1v) is 15.6. The van der Waals surface area contributed by atoms with Crippen LogP contribution < -0.4 is 10.2 Å². The number of phenolic OH excluding ortho intramolecular Hbond substituents is 1. The van der Waals surface area contributed by atoms with Crippen LogP contribution >= 0.6 is 0 Å². The number of carbonyl (C=O) groups excluding carboxylic acids is 2. The number of imide groups is 1. The minimum atomic E-state index is -0.252. The Bertz CT molecular complexity index is 1640. The van der Waals surface area contributed by atoms with Crippen LogP contribution in [0.1, 0.15) is 59.9 Å². The molecule has 0 aliphatic carbocycles. The van der Waals surface area contributed by atoms with Crippen LogP contribution in [0, 0.1) is 0 Å². The van der Waals surface area contributed by atoms with Crippen LogP contribution in [-0.4, -0.2) is 48.0 Å². The van der Waals surface area contributed by atoms with Crippen LogP contribution in [0.25, 0.3) is 11.1 Å². The lowest BCUT2D eigenvalue weighted by Gasteiger charge is -2.36. The molecule has 2 amide bonds. The SMILES string of the molecule is CCC(=C(c1ccc(O)cc1)c1ccc(N2CCN(Cc3cccc(C4CCC(=O)NC4=O)c3)CC2)cc1)c1ccccc1. The van der Waals surface area contributed by atoms with Crippen molar-refractivity contribution in [3.63, 3.8) is 0 Å². The van der Waals surface area contributed by atoms with E-state index in [9.17, 15) is 14.7 Å². The zero-order valence-corrected chi connectivity index (χ0v) is 25.2. The number of hydrogen-bond acceptors (Lipinski definition) is 5. The van der Waals surface area contributed by atoms with Crippen molar-refractivity contribution < 1.29 is 14.7 Å². The van der Waals surface area contributed by atoms with Gasteiger partial charge in [-0.3, -0.25) is 19.8 Å². The quantitative estimate of drug-likeness (QED) is 0.180. The highest BCUT2D eigenvalue weighted by atomic mass is 16.3. The summed E-state index contributed by atoms with van der Waals surface area (Å²) in [4.78, 5) is 28.9. The monoisotopic (exact) mass is 585 g/mol. The van der Waals surface area contributed by atoms with E-state index < -0.39 is 0 Å². The Hall–Kier alpha value is -4.68. The average Bonchev–Trinajstić information content (AvgIpc) is 3.05. The highest BCUT2D eigenvalue weighted by Crippen LogP contribution is 2.36. The van der Waals surface area contributed by atoms with Gasteiger partial charge in [0.25, 0.3) is 0 Å². The van der Waals surface area contributed by atoms with Gasteiger partial charge in [0.2, 0.25) is 11.8 Å². The first-order chi connectivity index (χ1) is 21.5. The molecule has 2 heterocycles. The highest BCUT2D eigenvalue weighted by Gasteiger charge is 2.28. The molecule has 0 radical (unpaired) electrons. The van der Waals surface area contributed by atoms with E-state index >= 15 is 0 Å². The molecule has 2 aliphatic heterocycles. The van der Waals surface area contributed by atoms with E-state index in [1.165, 1.54) is 28.0 Å². The molecule has 4 aromatic carbocycles. The summed E-state index contributed by atoms with van der Waals surface area (Å²) in [6.07, 6.45) is 1.86. The topological polar surface area (TPSA) is 72.9 Å². The number of nitrogens with zero attached hydrogens (tertiary/aromatic N) is 2. The molecule has 2 fully saturated rings. The van der Waals surface area contributed by atoms with E-state index in [1.54, 1.807) is 12.1 Å². The largest absolute Gasteiger partial charge is 0.508 e. The minimum absolute atomic E-state index is 0.179. The summed E-state index contributed by atoms with van der Waals surface area (Å²) in [5.74, 6) is -0.350. The van der Waals surface area contributed by atoms with E-state index in [1.807, 2.05) is 30.3 Å². The molecule has 6 rings (SSSR count). The van der Waals surface area contributed by atoms with Gasteiger partial charge in [-0.15, -0.1) is 0 Å². The fraction of sp³-hybridized carbons (Fsp3) is 0.263. The van der Waals surface area contributed by atoms with Crippen LogP contribution in [-0.2, 0) is 16.1 Å². The maximum Gasteiger partial charge on any atom is 0.234 e. The standard InChI is InChI=1S/C38H39N3O3/c1-2-34(28-8-4-3-5-9-28)37(30-13-17-33(42)18-14-30)29-11-15-32(16-12-29)41-23-21-40(22-24-41)26-27-7-6-10-31(25-27)35-19-20-36(43)39-38(35)44/h3-18,25,35,42H,2,19-24,26H2,1H3,(H,39,43,44). The van der Waals surface area contributed by atoms with Gasteiger partial charge in [0, 0.05) is 44.8 Å². The van der Waals surface area contributed by atoms with Crippen molar-refractivity contribution in [1.29, 1.82) is 0 Å². The summed E-state index contributed by atoms with van der Waals surface area (Å²) < 4.78 is 0. The number of benzene rings is 4. The number of piperazine rings is 1. The maximum absolute atomic E-state index is 12.4. The molecule has 44 heavy (non-hydrogen) atoms. The van der Waals surface area contributed by atoms with Crippen LogP contribution in [0.3, 0.4) is 0 Å². The third-order valence-corrected chi connectivity index (χ3v) is 8.83. The second-order valence-corrected chi connectivity index (χ2v) is 11.7. The van der Waals surface area contributed by atoms with Gasteiger partial charge < -0.3 is 10.0 Å². The predicted molar refractivity (Wildman–Crippen MR) is 176 cm³/mol. The molecule has 2 N–H and O–H groups in total. The zero-order chi connectivity index (χ0) is 30.5. The van der Waals surface area contributed by atoms with Crippen LogP contribution in [0.5, 0.6) is 5.75 Å². The number of anilines is 1. The van der Waals surface area contributed by atoms with Crippen molar-refractivity contribution >= 4 is 28.6 Å². The maximum atomic E-state index is 12.4. The van der Waals surface area contributed by atoms with Crippen LogP contribution in [0.2, 0.25) is 0 Å². The molecular formula is C38H39N3O3. The van der Waals surface area contributed by atoms with E-state index in [2.05, 4.69) is 82.7 Å². The molecule has 6 nitrogen and oxygen atoms in total. The summed E-state index contributed by atoms with van der Waals surface area (Å²) in [6, 6.07) is 35.2. The fourth-order valence-corrected chi connectivity index (χ4v) is 6.49. The number of hydrogen-bond donors (Lipinski definition) is 2. The lowest BCUT2D eigenvalue weighted by molar-refractivity contribution is -0.134. The Morgan fingerprint density at radius 2 is 1.48 bits per heavy atom. The van der Waals surface area contributed by atoms with Crippen LogP contribution in [0.15, 0.2) is 103 Å². The summed E-state index contributed by atoms with van der Waals surface area (Å²) in [6.45, 7) is 6.83. The molecule has 224 valence electrons. The lowest BCUT2D eigenvalue weighted by atomic mass is 9.88. The Balaban J connectivity index is 1.14. The van der Waals surface area contributed by atoms with Gasteiger partial charge in [0.15, 0.2) is 0 Å². The Morgan fingerprint density at radius 3 is 2.14 bits per heavy atom. The van der Waals surface area contributed by atoms with Gasteiger partial charge in [-0.2, -0.15) is 0 Å². The number of carbonyl (C=O) groups is 2. The fourth-order valence-electron chi connectivity index (χ4n) is 6.49. The van der Waals surface area contributed by atoms with Crippen molar-refractivity contribution in [1.82, 2.24) is 10.2 Å². The Morgan fingerprint density at radius 1 is 0.795 bits per heavy atom. The number of allylic oxidation sites excluding steroid dienone is 1. The number of amides is 2. The number of aromatic hydroxyl groups is 1. The Kier molecular flexibility index (Phi) is 8.89. The smallest absolute Gasteiger partial charge is 0.234 e. The summed E-state index contributed by atoms with van der Waals surface area (Å²) in [5, 5.41) is 12.4. The first-order valence-electron chi connectivity index (χ1n) is 15.6. The third-order valence-electron chi connectivity index (χ3n) is 8.83. The zero-order valence-electron chi connectivity index (χ0n) is 25.2. The van der Waals surface area contributed by atoms with Crippen molar-refractivity contribution in [3.8, 4) is 5.75 Å². The second-order valence-electron chi connectivity index (χ2n) is 11.7. The van der Waals surface area contributed by atoms with Crippen molar-refractivity contribution in [2.45, 2.75) is 38.6 Å². The molecule has 0 spiro atoms. The van der Waals surface area contributed by atoms with E-state index in [4.69, 9.17) is 0 Å². The van der Waals surface area contributed by atoms with Gasteiger partial charge >= 0.3 is 0 Å². The molecule has 0 bridgehead atoms. The molecule has 6 heteroatoms. The Labute approximate surface area is 259 Å². The molecule has 0 aromatic heterocycles. The summed E-state index contributed by atoms with van der Waals surface area (Å²) in [5.41, 5.74) is 9.33. The van der Waals surface area contributed by atoms with Gasteiger partial charge in [0.05, 0.1) is 5.92 Å². The van der Waals surface area contributed by atoms with Gasteiger partial charge in [-0.25, -0.2) is 0 Å². The molecule has 2 aliphatic rings. The summed E-state index contributed by atoms with van der Waals surface area (Å²) >= 11 is 0. The van der Waals surface area contributed by atoms with Gasteiger partial charge in [-0.05, 0) is 76.1 Å². The predicted octanol–water partition coefficient (Wildman–Crippen LogP) is 6.60. The van der Waals surface area contributed by atoms with Gasteiger partial charge in [-0.1, -0.05) is 85.8 Å². The summed E-state index contributed by atoms with van der Waals surface area (Å²) in [7, 11) is 0. The van der Waals surface area contributed by atoms with E-state index in [0.29, 0.717) is 12.8 Å². The molecule has 0 saturated carbocycles. The van der Waals surface area contributed by atoms with Gasteiger partial charge in [0.1, 0.15) is 5.75 Å². The minimum Gasteiger partial charge on any atom is -0.508 e. The number of rotatable bonds is 8. The normalized spacial score (nSPS) is 18.1. The van der Waals surface area contributed by atoms with Crippen molar-refractivity contribution in [2.24, 2.45) is 0 Å². The average molecular weight is 586 g/mol. The number of phenols is 1. The second kappa shape index (κ2) is 13.3. The molecule has 2 saturated heterocycles. The molecular weight excluding hydrogens is 546 g/mol. The number of nitrogens with one attached hydrogen (secondary N) is 1. The molecule has 4 aromatic rings. The third kappa shape index (κ3) is 6.61. The molecule has 1 atom stereocenters. The van der Waals surface area contributed by atoms with E-state index in [-0.39, 0.29) is 23.5 Å². The first kappa shape index (κ1) is 29.4. The van der Waals surface area contributed by atoms with E-state index in [0.717, 1.165) is 55.8 Å². The van der Waals surface area contributed by atoms with Crippen LogP contribution in [0.4, 0.5) is 5.69 Å². The highest BCUT2D eigenvalue weighted by molar-refractivity contribution is 6.01. The van der Waals surface area contributed by atoms with Crippen molar-refractivity contribution in [2.75, 3.05) is 31.1 Å². The number of piperidine rings is 1. The molecule has 1 unspecified atom stereocenters. The lowest BCUT2D eigenvalue weighted by Crippen LogP contribution is -2.46.